The van der Waals surface area contributed by atoms with Gasteiger partial charge in [0.1, 0.15) is 0 Å². The molecule has 92 valence electrons. The predicted molar refractivity (Wildman–Crippen MR) is 61.9 cm³/mol. The Morgan fingerprint density at radius 1 is 1.56 bits per heavy atom. The van der Waals surface area contributed by atoms with Crippen molar-refractivity contribution in [3.8, 4) is 0 Å². The van der Waals surface area contributed by atoms with Crippen molar-refractivity contribution in [2.45, 2.75) is 39.0 Å². The van der Waals surface area contributed by atoms with Gasteiger partial charge >= 0.3 is 0 Å². The van der Waals surface area contributed by atoms with Gasteiger partial charge < -0.3 is 15.5 Å². The van der Waals surface area contributed by atoms with E-state index in [-0.39, 0.29) is 6.61 Å². The van der Waals surface area contributed by atoms with Crippen molar-refractivity contribution in [1.29, 1.82) is 0 Å². The van der Waals surface area contributed by atoms with Gasteiger partial charge in [-0.05, 0) is 13.3 Å². The SMILES string of the molecule is CCC(C)(O)CNCc1cnn(CCO)c1. The van der Waals surface area contributed by atoms with Gasteiger partial charge in [0.2, 0.25) is 0 Å². The molecule has 0 fully saturated rings. The van der Waals surface area contributed by atoms with Crippen molar-refractivity contribution in [2.75, 3.05) is 13.2 Å². The molecule has 0 radical (unpaired) electrons. The van der Waals surface area contributed by atoms with Crippen LogP contribution < -0.4 is 5.32 Å². The Morgan fingerprint density at radius 2 is 2.31 bits per heavy atom. The average Bonchev–Trinajstić information content (AvgIpc) is 2.66. The Labute approximate surface area is 96.1 Å². The molecule has 3 N–H and O–H groups in total. The van der Waals surface area contributed by atoms with Crippen LogP contribution >= 0.6 is 0 Å². The average molecular weight is 227 g/mol. The smallest absolute Gasteiger partial charge is 0.0741 e. The first-order valence-electron chi connectivity index (χ1n) is 5.62. The second-order valence-corrected chi connectivity index (χ2v) is 4.29. The number of nitrogens with one attached hydrogen (secondary N) is 1. The van der Waals surface area contributed by atoms with Gasteiger partial charge in [0.15, 0.2) is 0 Å². The number of nitrogens with zero attached hydrogens (tertiary/aromatic N) is 2. The lowest BCUT2D eigenvalue weighted by molar-refractivity contribution is 0.0555. The zero-order valence-corrected chi connectivity index (χ0v) is 9.98. The second kappa shape index (κ2) is 5.98. The number of aliphatic hydroxyl groups is 2. The van der Waals surface area contributed by atoms with E-state index < -0.39 is 5.60 Å². The number of aliphatic hydroxyl groups excluding tert-OH is 1. The third-order valence-electron chi connectivity index (χ3n) is 2.61. The molecule has 1 heterocycles. The quantitative estimate of drug-likeness (QED) is 0.619. The highest BCUT2D eigenvalue weighted by molar-refractivity contribution is 5.03. The highest BCUT2D eigenvalue weighted by Crippen LogP contribution is 2.06. The van der Waals surface area contributed by atoms with Crippen molar-refractivity contribution in [3.63, 3.8) is 0 Å². The molecule has 0 spiro atoms. The Kier molecular flexibility index (Phi) is 4.92. The number of hydrogen-bond acceptors (Lipinski definition) is 4. The first kappa shape index (κ1) is 13.2. The van der Waals surface area contributed by atoms with Gasteiger partial charge in [0.05, 0.1) is 24.9 Å². The molecule has 1 rings (SSSR count). The number of hydrogen-bond donors (Lipinski definition) is 3. The maximum absolute atomic E-state index is 9.77. The van der Waals surface area contributed by atoms with E-state index in [4.69, 9.17) is 5.11 Å². The molecule has 1 atom stereocenters. The normalized spacial score (nSPS) is 15.0. The van der Waals surface area contributed by atoms with Gasteiger partial charge in [-0.2, -0.15) is 5.10 Å². The summed E-state index contributed by atoms with van der Waals surface area (Å²) in [4.78, 5) is 0. The summed E-state index contributed by atoms with van der Waals surface area (Å²) in [6.07, 6.45) is 4.39. The Hall–Kier alpha value is -0.910. The van der Waals surface area contributed by atoms with Crippen LogP contribution in [-0.4, -0.2) is 38.7 Å². The highest BCUT2D eigenvalue weighted by Gasteiger charge is 2.16. The van der Waals surface area contributed by atoms with E-state index in [1.54, 1.807) is 10.9 Å². The monoisotopic (exact) mass is 227 g/mol. The van der Waals surface area contributed by atoms with Crippen LogP contribution in [0.4, 0.5) is 0 Å². The molecule has 0 aliphatic carbocycles. The molecule has 0 aromatic carbocycles. The minimum absolute atomic E-state index is 0.0963. The molecule has 5 heteroatoms. The zero-order valence-electron chi connectivity index (χ0n) is 9.98. The summed E-state index contributed by atoms with van der Waals surface area (Å²) in [5.41, 5.74) is 0.404. The third-order valence-corrected chi connectivity index (χ3v) is 2.61. The topological polar surface area (TPSA) is 70.3 Å². The van der Waals surface area contributed by atoms with Gasteiger partial charge in [-0.15, -0.1) is 0 Å². The third kappa shape index (κ3) is 4.30. The summed E-state index contributed by atoms with van der Waals surface area (Å²) >= 11 is 0. The Morgan fingerprint density at radius 3 is 2.94 bits per heavy atom. The van der Waals surface area contributed by atoms with Gasteiger partial charge in [-0.1, -0.05) is 6.92 Å². The van der Waals surface area contributed by atoms with Crippen LogP contribution in [0.5, 0.6) is 0 Å². The van der Waals surface area contributed by atoms with Gasteiger partial charge in [-0.3, -0.25) is 4.68 Å². The van der Waals surface area contributed by atoms with Crippen molar-refractivity contribution in [1.82, 2.24) is 15.1 Å². The molecule has 1 unspecified atom stereocenters. The van der Waals surface area contributed by atoms with Crippen molar-refractivity contribution >= 4 is 0 Å². The van der Waals surface area contributed by atoms with Gasteiger partial charge in [0.25, 0.3) is 0 Å². The van der Waals surface area contributed by atoms with E-state index in [0.29, 0.717) is 19.6 Å². The minimum Gasteiger partial charge on any atom is -0.394 e. The van der Waals surface area contributed by atoms with E-state index in [0.717, 1.165) is 12.0 Å². The van der Waals surface area contributed by atoms with Crippen LogP contribution in [0.1, 0.15) is 25.8 Å². The summed E-state index contributed by atoms with van der Waals surface area (Å²) < 4.78 is 1.70. The fourth-order valence-corrected chi connectivity index (χ4v) is 1.32. The maximum atomic E-state index is 9.77. The summed E-state index contributed by atoms with van der Waals surface area (Å²) in [6.45, 7) is 5.64. The summed E-state index contributed by atoms with van der Waals surface area (Å²) in [7, 11) is 0. The molecule has 1 aromatic rings. The second-order valence-electron chi connectivity index (χ2n) is 4.29. The molecule has 0 amide bonds. The van der Waals surface area contributed by atoms with Crippen LogP contribution in [0.15, 0.2) is 12.4 Å². The fraction of sp³-hybridized carbons (Fsp3) is 0.727. The van der Waals surface area contributed by atoms with E-state index in [2.05, 4.69) is 10.4 Å². The predicted octanol–water partition coefficient (Wildman–Crippen LogP) is 0.126. The first-order chi connectivity index (χ1) is 7.57. The van der Waals surface area contributed by atoms with Crippen LogP contribution in [0, 0.1) is 0 Å². The van der Waals surface area contributed by atoms with E-state index in [1.165, 1.54) is 0 Å². The van der Waals surface area contributed by atoms with Crippen LogP contribution in [0.2, 0.25) is 0 Å². The maximum Gasteiger partial charge on any atom is 0.0741 e. The van der Waals surface area contributed by atoms with Crippen LogP contribution in [0.25, 0.3) is 0 Å². The molecular formula is C11H21N3O2. The molecule has 0 saturated heterocycles. The van der Waals surface area contributed by atoms with E-state index in [1.807, 2.05) is 20.0 Å². The molecule has 0 bridgehead atoms. The van der Waals surface area contributed by atoms with Crippen LogP contribution in [0.3, 0.4) is 0 Å². The fourth-order valence-electron chi connectivity index (χ4n) is 1.32. The highest BCUT2D eigenvalue weighted by atomic mass is 16.3. The van der Waals surface area contributed by atoms with Crippen LogP contribution in [-0.2, 0) is 13.1 Å². The van der Waals surface area contributed by atoms with E-state index >= 15 is 0 Å². The zero-order chi connectivity index (χ0) is 12.0. The molecule has 1 aromatic heterocycles. The lowest BCUT2D eigenvalue weighted by atomic mass is 10.0. The lowest BCUT2D eigenvalue weighted by Gasteiger charge is -2.21. The van der Waals surface area contributed by atoms with Gasteiger partial charge in [-0.25, -0.2) is 0 Å². The van der Waals surface area contributed by atoms with E-state index in [9.17, 15) is 5.11 Å². The first-order valence-corrected chi connectivity index (χ1v) is 5.62. The summed E-state index contributed by atoms with van der Waals surface area (Å²) in [6, 6.07) is 0. The lowest BCUT2D eigenvalue weighted by Crippen LogP contribution is -2.36. The standard InChI is InChI=1S/C11H21N3O2/c1-3-11(2,16)9-12-6-10-7-13-14(8-10)4-5-15/h7-8,12,15-16H,3-6,9H2,1-2H3. The number of rotatable bonds is 7. The van der Waals surface area contributed by atoms with Crippen molar-refractivity contribution < 1.29 is 10.2 Å². The van der Waals surface area contributed by atoms with Gasteiger partial charge in [0, 0.05) is 24.8 Å². The summed E-state index contributed by atoms with van der Waals surface area (Å²) in [5, 5.41) is 25.8. The molecule has 16 heavy (non-hydrogen) atoms. The molecule has 0 aliphatic rings. The Bertz CT molecular complexity index is 310. The molecular weight excluding hydrogens is 206 g/mol. The largest absolute Gasteiger partial charge is 0.394 e. The number of aromatic nitrogens is 2. The molecule has 0 saturated carbocycles. The molecule has 0 aliphatic heterocycles. The van der Waals surface area contributed by atoms with Crippen molar-refractivity contribution in [2.24, 2.45) is 0 Å². The summed E-state index contributed by atoms with van der Waals surface area (Å²) in [5.74, 6) is 0. The minimum atomic E-state index is -0.652. The molecule has 5 nitrogen and oxygen atoms in total. The Balaban J connectivity index is 2.31. The van der Waals surface area contributed by atoms with Crippen molar-refractivity contribution in [3.05, 3.63) is 18.0 Å².